The zero-order valence-corrected chi connectivity index (χ0v) is 39.2. The van der Waals surface area contributed by atoms with E-state index in [0.717, 1.165) is 55.2 Å². The molecule has 68 heavy (non-hydrogen) atoms. The van der Waals surface area contributed by atoms with Gasteiger partial charge in [0.15, 0.2) is 17.5 Å². The molecule has 0 aliphatic rings. The SMILES string of the molecule is Bc1c(B)c(B)c(-c2nc(-c3ccc4c(c3)oc3ccccc34)nc(-c3cccc4sc5ccc(-n6c7ccccc7c7cc(-c8cccc(-c9ccccc9)c8)ccc76)cc5c34)n2)c(B)c1B. The Morgan fingerprint density at radius 1 is 0.382 bits per heavy atom. The summed E-state index contributed by atoms with van der Waals surface area (Å²) in [6, 6.07) is 63.1. The minimum absolute atomic E-state index is 0.607. The number of aromatic nitrogens is 4. The maximum absolute atomic E-state index is 6.39. The normalized spacial score (nSPS) is 11.8. The predicted molar refractivity (Wildman–Crippen MR) is 302 cm³/mol. The molecule has 314 valence electrons. The molecule has 11 heteroatoms. The Morgan fingerprint density at radius 3 is 1.85 bits per heavy atom. The van der Waals surface area contributed by atoms with Crippen LogP contribution < -0.4 is 27.3 Å². The van der Waals surface area contributed by atoms with Crippen molar-refractivity contribution in [1.29, 1.82) is 0 Å². The van der Waals surface area contributed by atoms with Gasteiger partial charge in [-0.1, -0.05) is 120 Å². The summed E-state index contributed by atoms with van der Waals surface area (Å²) in [7, 11) is 11.0. The van der Waals surface area contributed by atoms with Gasteiger partial charge in [-0.2, -0.15) is 0 Å². The van der Waals surface area contributed by atoms with Crippen molar-refractivity contribution in [2.45, 2.75) is 0 Å². The highest BCUT2D eigenvalue weighted by molar-refractivity contribution is 7.26. The largest absolute Gasteiger partial charge is 0.456 e. The number of para-hydroxylation sites is 2. The van der Waals surface area contributed by atoms with E-state index < -0.39 is 0 Å². The predicted octanol–water partition coefficient (Wildman–Crippen LogP) is 6.86. The quantitative estimate of drug-likeness (QED) is 0.172. The van der Waals surface area contributed by atoms with Crippen molar-refractivity contribution in [2.24, 2.45) is 0 Å². The molecule has 4 heterocycles. The van der Waals surface area contributed by atoms with Gasteiger partial charge >= 0.3 is 0 Å². The van der Waals surface area contributed by atoms with Crippen LogP contribution in [0.15, 0.2) is 180 Å². The Morgan fingerprint density at radius 2 is 1.01 bits per heavy atom. The van der Waals surface area contributed by atoms with E-state index in [9.17, 15) is 0 Å². The average Bonchev–Trinajstić information content (AvgIpc) is 4.06. The standard InChI is InChI=1S/C57H39B5N4OS/c58-50-49(51(59)53(61)54(62)52(50)60)57-64-55(34-20-23-38-37-15-5-7-18-44(37)67-45(38)28-34)63-56(65-57)39-16-9-19-47-48(39)41-29-35(22-25-46(41)68-47)66-42-17-6-4-14-36(42)40-27-33(21-24-43(40)66)32-13-8-12-31(26-32)30-10-2-1-3-11-30/h1-29H,58-62H2. The first kappa shape index (κ1) is 40.4. The lowest BCUT2D eigenvalue weighted by molar-refractivity contribution is 0.669. The second kappa shape index (κ2) is 15.6. The molecule has 4 aromatic heterocycles. The van der Waals surface area contributed by atoms with Crippen LogP contribution in [0.25, 0.3) is 126 Å². The first-order valence-corrected chi connectivity index (χ1v) is 24.0. The number of rotatable bonds is 6. The van der Waals surface area contributed by atoms with Gasteiger partial charge in [0.1, 0.15) is 50.4 Å². The highest BCUT2D eigenvalue weighted by Crippen LogP contribution is 2.43. The third-order valence-corrected chi connectivity index (χ3v) is 15.6. The van der Waals surface area contributed by atoms with Crippen molar-refractivity contribution in [1.82, 2.24) is 19.5 Å². The molecule has 13 aromatic rings. The van der Waals surface area contributed by atoms with E-state index in [2.05, 4.69) is 208 Å². The van der Waals surface area contributed by atoms with E-state index in [4.69, 9.17) is 19.4 Å². The van der Waals surface area contributed by atoms with Gasteiger partial charge in [0.05, 0.1) is 11.0 Å². The van der Waals surface area contributed by atoms with Crippen LogP contribution in [0.4, 0.5) is 0 Å². The zero-order valence-electron chi connectivity index (χ0n) is 38.3. The summed E-state index contributed by atoms with van der Waals surface area (Å²) in [5, 5.41) is 6.90. The van der Waals surface area contributed by atoms with Crippen molar-refractivity contribution >= 4 is 142 Å². The molecule has 13 rings (SSSR count). The highest BCUT2D eigenvalue weighted by Gasteiger charge is 2.22. The molecule has 0 saturated heterocycles. The van der Waals surface area contributed by atoms with E-state index in [1.807, 2.05) is 12.1 Å². The number of nitrogens with zero attached hydrogens (tertiary/aromatic N) is 4. The summed E-state index contributed by atoms with van der Waals surface area (Å²) in [5.41, 5.74) is 19.0. The lowest BCUT2D eigenvalue weighted by atomic mass is 9.60. The number of benzene rings is 9. The van der Waals surface area contributed by atoms with Crippen LogP contribution in [0.1, 0.15) is 0 Å². The molecule has 0 N–H and O–H groups in total. The minimum atomic E-state index is 0.607. The molecular weight excluding hydrogens is 843 g/mol. The fraction of sp³-hybridized carbons (Fsp3) is 0. The molecule has 0 saturated carbocycles. The maximum atomic E-state index is 6.39. The van der Waals surface area contributed by atoms with Gasteiger partial charge in [-0.05, 0) is 89.0 Å². The molecule has 0 amide bonds. The van der Waals surface area contributed by atoms with Gasteiger partial charge < -0.3 is 8.98 Å². The third-order valence-electron chi connectivity index (χ3n) is 14.4. The third kappa shape index (κ3) is 6.33. The summed E-state index contributed by atoms with van der Waals surface area (Å²) >= 11 is 1.80. The Kier molecular flexibility index (Phi) is 9.28. The van der Waals surface area contributed by atoms with Crippen LogP contribution in [0, 0.1) is 0 Å². The van der Waals surface area contributed by atoms with Gasteiger partial charge in [0.2, 0.25) is 0 Å². The number of hydrogen-bond donors (Lipinski definition) is 0. The van der Waals surface area contributed by atoms with Crippen LogP contribution in [-0.4, -0.2) is 58.8 Å². The summed E-state index contributed by atoms with van der Waals surface area (Å²) in [6.45, 7) is 0. The zero-order chi connectivity index (χ0) is 45.8. The van der Waals surface area contributed by atoms with Gasteiger partial charge in [-0.25, -0.2) is 15.0 Å². The second-order valence-electron chi connectivity index (χ2n) is 18.1. The van der Waals surface area contributed by atoms with E-state index in [1.165, 1.54) is 80.6 Å². The summed E-state index contributed by atoms with van der Waals surface area (Å²) in [6.07, 6.45) is 0. The topological polar surface area (TPSA) is 56.7 Å². The Hall–Kier alpha value is -7.87. The Balaban J connectivity index is 0.998. The Labute approximate surface area is 401 Å². The molecule has 0 bridgehead atoms. The number of furan rings is 1. The Bertz CT molecular complexity index is 4210. The highest BCUT2D eigenvalue weighted by atomic mass is 32.1. The van der Waals surface area contributed by atoms with Crippen molar-refractivity contribution in [3.05, 3.63) is 176 Å². The summed E-state index contributed by atoms with van der Waals surface area (Å²) in [5.74, 6) is 1.92. The number of thiophene rings is 1. The van der Waals surface area contributed by atoms with Crippen LogP contribution in [0.3, 0.4) is 0 Å². The van der Waals surface area contributed by atoms with Gasteiger partial charge in [0, 0.05) is 64.1 Å². The van der Waals surface area contributed by atoms with E-state index in [1.54, 1.807) is 11.3 Å². The molecule has 0 radical (unpaired) electrons. The lowest BCUT2D eigenvalue weighted by Crippen LogP contribution is -2.55. The van der Waals surface area contributed by atoms with Crippen molar-refractivity contribution in [2.75, 3.05) is 0 Å². The van der Waals surface area contributed by atoms with Crippen LogP contribution in [0.5, 0.6) is 0 Å². The monoisotopic (exact) mass is 882 g/mol. The van der Waals surface area contributed by atoms with Gasteiger partial charge in [0.25, 0.3) is 0 Å². The summed E-state index contributed by atoms with van der Waals surface area (Å²) < 4.78 is 11.2. The molecule has 0 aliphatic carbocycles. The molecule has 9 aromatic carbocycles. The second-order valence-corrected chi connectivity index (χ2v) is 19.2. The maximum Gasteiger partial charge on any atom is 0.164 e. The fourth-order valence-corrected chi connectivity index (χ4v) is 11.6. The first-order valence-electron chi connectivity index (χ1n) is 23.2. The molecule has 0 fully saturated rings. The minimum Gasteiger partial charge on any atom is -0.456 e. The molecule has 0 unspecified atom stereocenters. The van der Waals surface area contributed by atoms with Crippen molar-refractivity contribution < 1.29 is 4.42 Å². The van der Waals surface area contributed by atoms with E-state index in [-0.39, 0.29) is 0 Å². The lowest BCUT2D eigenvalue weighted by Gasteiger charge is -2.20. The molecule has 0 aliphatic heterocycles. The van der Waals surface area contributed by atoms with E-state index >= 15 is 0 Å². The van der Waals surface area contributed by atoms with Crippen LogP contribution in [0.2, 0.25) is 0 Å². The van der Waals surface area contributed by atoms with E-state index in [0.29, 0.717) is 17.5 Å². The van der Waals surface area contributed by atoms with Crippen LogP contribution in [-0.2, 0) is 0 Å². The average molecular weight is 882 g/mol. The smallest absolute Gasteiger partial charge is 0.164 e. The van der Waals surface area contributed by atoms with Gasteiger partial charge in [-0.15, -0.1) is 27.7 Å². The molecule has 0 atom stereocenters. The summed E-state index contributed by atoms with van der Waals surface area (Å²) in [4.78, 5) is 16.1. The van der Waals surface area contributed by atoms with Crippen LogP contribution >= 0.6 is 11.3 Å². The molecular formula is C57H39B5N4OS. The molecule has 0 spiro atoms. The first-order chi connectivity index (χ1) is 33.3. The number of fused-ring (bicyclic) bond motifs is 9. The fourth-order valence-electron chi connectivity index (χ4n) is 10.5. The number of hydrogen-bond acceptors (Lipinski definition) is 5. The molecule has 5 nitrogen and oxygen atoms in total. The van der Waals surface area contributed by atoms with Gasteiger partial charge in [-0.3, -0.25) is 0 Å². The van der Waals surface area contributed by atoms with Crippen molar-refractivity contribution in [3.8, 4) is 62.1 Å². The van der Waals surface area contributed by atoms with Crippen molar-refractivity contribution in [3.63, 3.8) is 0 Å².